The fraction of sp³-hybridized carbons (Fsp3) is 0.708. The monoisotopic (exact) mass is 432 g/mol. The third kappa shape index (κ3) is 9.15. The lowest BCUT2D eigenvalue weighted by atomic mass is 10.1. The van der Waals surface area contributed by atoms with E-state index in [-0.39, 0.29) is 6.10 Å². The van der Waals surface area contributed by atoms with Crippen molar-refractivity contribution in [3.8, 4) is 0 Å². The van der Waals surface area contributed by atoms with E-state index in [0.717, 1.165) is 84.0 Å². The third-order valence-corrected chi connectivity index (χ3v) is 5.84. The van der Waals surface area contributed by atoms with Crippen LogP contribution in [0.2, 0.25) is 0 Å². The van der Waals surface area contributed by atoms with Crippen LogP contribution in [0.15, 0.2) is 29.3 Å². The number of hydrogen-bond donors (Lipinski definition) is 3. The van der Waals surface area contributed by atoms with Crippen molar-refractivity contribution in [1.82, 2.24) is 15.5 Å². The zero-order valence-electron chi connectivity index (χ0n) is 19.0. The van der Waals surface area contributed by atoms with Crippen molar-refractivity contribution in [1.29, 1.82) is 0 Å². The van der Waals surface area contributed by atoms with Gasteiger partial charge in [-0.2, -0.15) is 0 Å². The smallest absolute Gasteiger partial charge is 0.191 e. The van der Waals surface area contributed by atoms with Crippen molar-refractivity contribution in [2.24, 2.45) is 4.99 Å². The third-order valence-electron chi connectivity index (χ3n) is 5.84. The summed E-state index contributed by atoms with van der Waals surface area (Å²) in [6.45, 7) is 9.64. The molecule has 2 aliphatic rings. The number of aliphatic imine (C=N–C) groups is 1. The van der Waals surface area contributed by atoms with Crippen LogP contribution in [0.3, 0.4) is 0 Å². The second-order valence-electron chi connectivity index (χ2n) is 8.51. The zero-order chi connectivity index (χ0) is 21.7. The second-order valence-corrected chi connectivity index (χ2v) is 8.51. The van der Waals surface area contributed by atoms with Crippen molar-refractivity contribution >= 4 is 5.96 Å². The van der Waals surface area contributed by atoms with Crippen LogP contribution in [0.4, 0.5) is 0 Å². The number of rotatable bonds is 11. The quantitative estimate of drug-likeness (QED) is 0.283. The number of piperidine rings is 1. The van der Waals surface area contributed by atoms with Gasteiger partial charge in [0.2, 0.25) is 0 Å². The van der Waals surface area contributed by atoms with Crippen LogP contribution < -0.4 is 10.6 Å². The summed E-state index contributed by atoms with van der Waals surface area (Å²) >= 11 is 0. The fourth-order valence-electron chi connectivity index (χ4n) is 3.97. The molecule has 0 spiro atoms. The van der Waals surface area contributed by atoms with Crippen LogP contribution in [0.5, 0.6) is 0 Å². The second kappa shape index (κ2) is 13.7. The summed E-state index contributed by atoms with van der Waals surface area (Å²) in [6.07, 6.45) is 5.17. The molecule has 0 radical (unpaired) electrons. The van der Waals surface area contributed by atoms with E-state index in [2.05, 4.69) is 46.7 Å². The van der Waals surface area contributed by atoms with E-state index in [4.69, 9.17) is 14.5 Å². The van der Waals surface area contributed by atoms with Crippen LogP contribution in [0, 0.1) is 0 Å². The molecule has 3 rings (SSSR count). The van der Waals surface area contributed by atoms with Gasteiger partial charge in [0.05, 0.1) is 25.4 Å². The van der Waals surface area contributed by atoms with Gasteiger partial charge in [-0.05, 0) is 50.2 Å². The number of nitrogens with one attached hydrogen (secondary N) is 2. The van der Waals surface area contributed by atoms with E-state index >= 15 is 0 Å². The molecule has 0 aromatic heterocycles. The van der Waals surface area contributed by atoms with Crippen molar-refractivity contribution in [2.45, 2.75) is 64.3 Å². The molecule has 0 amide bonds. The highest BCUT2D eigenvalue weighted by molar-refractivity contribution is 5.79. The lowest BCUT2D eigenvalue weighted by molar-refractivity contribution is 0.0168. The highest BCUT2D eigenvalue weighted by Gasteiger charge is 2.17. The highest BCUT2D eigenvalue weighted by atomic mass is 16.5. The number of likely N-dealkylation sites (tertiary alicyclic amines) is 1. The molecule has 1 unspecified atom stereocenters. The summed E-state index contributed by atoms with van der Waals surface area (Å²) < 4.78 is 11.3. The molecule has 7 nitrogen and oxygen atoms in total. The van der Waals surface area contributed by atoms with Crippen LogP contribution >= 0.6 is 0 Å². The molecule has 0 bridgehead atoms. The normalized spacial score (nSPS) is 20.8. The summed E-state index contributed by atoms with van der Waals surface area (Å²) in [5.41, 5.74) is 2.52. The van der Waals surface area contributed by atoms with Gasteiger partial charge in [0, 0.05) is 45.9 Å². The van der Waals surface area contributed by atoms with Gasteiger partial charge in [-0.25, -0.2) is 4.99 Å². The highest BCUT2D eigenvalue weighted by Crippen LogP contribution is 2.15. The van der Waals surface area contributed by atoms with Crippen LogP contribution in [-0.2, 0) is 22.6 Å². The van der Waals surface area contributed by atoms with Gasteiger partial charge in [-0.15, -0.1) is 0 Å². The Morgan fingerprint density at radius 2 is 1.94 bits per heavy atom. The SMILES string of the molecule is CCNC(=NCc1ccc(CN2CCC(O)CC2)cc1)NCCCOCC1CCCO1. The first-order valence-electron chi connectivity index (χ1n) is 11.9. The average molecular weight is 433 g/mol. The Bertz CT molecular complexity index is 639. The van der Waals surface area contributed by atoms with E-state index in [1.54, 1.807) is 0 Å². The van der Waals surface area contributed by atoms with Gasteiger partial charge in [-0.3, -0.25) is 4.90 Å². The molecular formula is C24H40N4O3. The molecule has 7 heteroatoms. The minimum absolute atomic E-state index is 0.116. The number of aliphatic hydroxyl groups excluding tert-OH is 1. The summed E-state index contributed by atoms with van der Waals surface area (Å²) in [4.78, 5) is 7.13. The summed E-state index contributed by atoms with van der Waals surface area (Å²) in [6, 6.07) is 8.73. The van der Waals surface area contributed by atoms with E-state index in [1.807, 2.05) is 0 Å². The molecule has 2 heterocycles. The molecule has 0 aliphatic carbocycles. The lowest BCUT2D eigenvalue weighted by Gasteiger charge is -2.29. The maximum Gasteiger partial charge on any atom is 0.191 e. The van der Waals surface area contributed by atoms with Crippen LogP contribution in [0.25, 0.3) is 0 Å². The van der Waals surface area contributed by atoms with Gasteiger partial charge in [0.15, 0.2) is 5.96 Å². The predicted molar refractivity (Wildman–Crippen MR) is 124 cm³/mol. The van der Waals surface area contributed by atoms with Crippen molar-refractivity contribution in [2.75, 3.05) is 46.0 Å². The van der Waals surface area contributed by atoms with E-state index in [9.17, 15) is 5.11 Å². The Hall–Kier alpha value is -1.67. The summed E-state index contributed by atoms with van der Waals surface area (Å²) in [7, 11) is 0. The Kier molecular flexibility index (Phi) is 10.6. The minimum Gasteiger partial charge on any atom is -0.393 e. The maximum atomic E-state index is 9.64. The first kappa shape index (κ1) is 24.0. The summed E-state index contributed by atoms with van der Waals surface area (Å²) in [5.74, 6) is 0.845. The number of guanidine groups is 1. The van der Waals surface area contributed by atoms with Crippen LogP contribution in [0.1, 0.15) is 50.2 Å². The molecule has 2 saturated heterocycles. The fourth-order valence-corrected chi connectivity index (χ4v) is 3.97. The molecule has 2 fully saturated rings. The molecule has 2 aliphatic heterocycles. The number of ether oxygens (including phenoxy) is 2. The topological polar surface area (TPSA) is 78.4 Å². The van der Waals surface area contributed by atoms with Gasteiger partial charge in [0.25, 0.3) is 0 Å². The first-order chi connectivity index (χ1) is 15.2. The minimum atomic E-state index is -0.116. The molecule has 1 atom stereocenters. The number of benzene rings is 1. The lowest BCUT2D eigenvalue weighted by Crippen LogP contribution is -2.38. The number of hydrogen-bond acceptors (Lipinski definition) is 5. The Morgan fingerprint density at radius 3 is 2.65 bits per heavy atom. The predicted octanol–water partition coefficient (Wildman–Crippen LogP) is 2.28. The Morgan fingerprint density at radius 1 is 1.16 bits per heavy atom. The van der Waals surface area contributed by atoms with Gasteiger partial charge < -0.3 is 25.2 Å². The Labute approximate surface area is 187 Å². The Balaban J connectivity index is 1.34. The van der Waals surface area contributed by atoms with E-state index < -0.39 is 0 Å². The molecular weight excluding hydrogens is 392 g/mol. The van der Waals surface area contributed by atoms with Gasteiger partial charge in [0.1, 0.15) is 0 Å². The zero-order valence-corrected chi connectivity index (χ0v) is 19.0. The van der Waals surface area contributed by atoms with Crippen LogP contribution in [-0.4, -0.2) is 74.2 Å². The molecule has 3 N–H and O–H groups in total. The standard InChI is InChI=1S/C24H40N4O3/c1-2-25-24(26-12-4-15-30-19-23-5-3-16-31-23)27-17-20-6-8-21(9-7-20)18-28-13-10-22(29)11-14-28/h6-9,22-23,29H,2-5,10-19H2,1H3,(H2,25,26,27). The van der Waals surface area contributed by atoms with Gasteiger partial charge in [-0.1, -0.05) is 24.3 Å². The molecule has 0 saturated carbocycles. The molecule has 1 aromatic rings. The molecule has 1 aromatic carbocycles. The van der Waals surface area contributed by atoms with E-state index in [0.29, 0.717) is 19.3 Å². The number of nitrogens with zero attached hydrogens (tertiary/aromatic N) is 2. The first-order valence-corrected chi connectivity index (χ1v) is 11.9. The van der Waals surface area contributed by atoms with Gasteiger partial charge >= 0.3 is 0 Å². The van der Waals surface area contributed by atoms with Crippen molar-refractivity contribution < 1.29 is 14.6 Å². The van der Waals surface area contributed by atoms with Crippen molar-refractivity contribution in [3.05, 3.63) is 35.4 Å². The number of aliphatic hydroxyl groups is 1. The molecule has 31 heavy (non-hydrogen) atoms. The van der Waals surface area contributed by atoms with Crippen molar-refractivity contribution in [3.63, 3.8) is 0 Å². The summed E-state index contributed by atoms with van der Waals surface area (Å²) in [5, 5.41) is 16.3. The largest absolute Gasteiger partial charge is 0.393 e. The maximum absolute atomic E-state index is 9.64. The average Bonchev–Trinajstić information content (AvgIpc) is 3.30. The molecule has 174 valence electrons. The van der Waals surface area contributed by atoms with E-state index in [1.165, 1.54) is 11.1 Å².